The zero-order valence-corrected chi connectivity index (χ0v) is 8.71. The maximum Gasteiger partial charge on any atom is 0.231 e. The molecule has 1 aromatic rings. The number of hydrogen-bond donors (Lipinski definition) is 1. The standard InChI is InChI=1S/C11H13FO3/c1-11(2,12)8-4-10-9(14-6-15-10)3-7(8)5-13/h3-4,13H,5-6H2,1-2H3. The molecule has 0 unspecified atom stereocenters. The van der Waals surface area contributed by atoms with Gasteiger partial charge in [0.15, 0.2) is 11.5 Å². The Hall–Kier alpha value is -1.29. The monoisotopic (exact) mass is 212 g/mol. The number of ether oxygens (including phenoxy) is 2. The van der Waals surface area contributed by atoms with Gasteiger partial charge in [0.05, 0.1) is 6.61 Å². The van der Waals surface area contributed by atoms with Gasteiger partial charge in [-0.3, -0.25) is 0 Å². The largest absolute Gasteiger partial charge is 0.454 e. The minimum atomic E-state index is -1.50. The molecule has 0 saturated carbocycles. The summed E-state index contributed by atoms with van der Waals surface area (Å²) in [6, 6.07) is 3.22. The second-order valence-electron chi connectivity index (χ2n) is 3.99. The van der Waals surface area contributed by atoms with Crippen molar-refractivity contribution in [2.24, 2.45) is 0 Å². The SMILES string of the molecule is CC(C)(F)c1cc2c(cc1CO)OCO2. The Labute approximate surface area is 87.4 Å². The quantitative estimate of drug-likeness (QED) is 0.816. The second-order valence-corrected chi connectivity index (χ2v) is 3.99. The van der Waals surface area contributed by atoms with E-state index >= 15 is 0 Å². The van der Waals surface area contributed by atoms with Crippen LogP contribution >= 0.6 is 0 Å². The molecule has 1 aliphatic rings. The topological polar surface area (TPSA) is 38.7 Å². The molecule has 0 radical (unpaired) electrons. The molecule has 0 fully saturated rings. The van der Waals surface area contributed by atoms with Crippen LogP contribution in [0.4, 0.5) is 4.39 Å². The molecule has 1 N–H and O–H groups in total. The Morgan fingerprint density at radius 2 is 1.93 bits per heavy atom. The molecule has 0 aromatic heterocycles. The summed E-state index contributed by atoms with van der Waals surface area (Å²) in [5.74, 6) is 1.10. The van der Waals surface area contributed by atoms with Crippen LogP contribution in [0.3, 0.4) is 0 Å². The summed E-state index contributed by atoms with van der Waals surface area (Å²) >= 11 is 0. The molecule has 0 atom stereocenters. The van der Waals surface area contributed by atoms with Gasteiger partial charge in [-0.25, -0.2) is 4.39 Å². The summed E-state index contributed by atoms with van der Waals surface area (Å²) in [5, 5.41) is 9.15. The first-order valence-corrected chi connectivity index (χ1v) is 4.75. The van der Waals surface area contributed by atoms with E-state index in [0.29, 0.717) is 22.6 Å². The molecule has 0 saturated heterocycles. The lowest BCUT2D eigenvalue weighted by Gasteiger charge is -2.18. The highest BCUT2D eigenvalue weighted by Crippen LogP contribution is 2.39. The molecule has 1 heterocycles. The van der Waals surface area contributed by atoms with Gasteiger partial charge in [-0.1, -0.05) is 0 Å². The van der Waals surface area contributed by atoms with Crippen molar-refractivity contribution in [3.63, 3.8) is 0 Å². The lowest BCUT2D eigenvalue weighted by Crippen LogP contribution is -2.12. The first kappa shape index (κ1) is 10.2. The van der Waals surface area contributed by atoms with Crippen LogP contribution in [-0.4, -0.2) is 11.9 Å². The Kier molecular flexibility index (Phi) is 2.31. The maximum absolute atomic E-state index is 13.8. The molecule has 1 aromatic carbocycles. The molecule has 15 heavy (non-hydrogen) atoms. The Balaban J connectivity index is 2.54. The van der Waals surface area contributed by atoms with Crippen molar-refractivity contribution in [1.29, 1.82) is 0 Å². The predicted molar refractivity (Wildman–Crippen MR) is 52.6 cm³/mol. The summed E-state index contributed by atoms with van der Waals surface area (Å²) in [7, 11) is 0. The molecule has 0 spiro atoms. The maximum atomic E-state index is 13.8. The molecule has 2 rings (SSSR count). The third-order valence-corrected chi connectivity index (χ3v) is 2.41. The fourth-order valence-corrected chi connectivity index (χ4v) is 1.67. The van der Waals surface area contributed by atoms with Gasteiger partial charge >= 0.3 is 0 Å². The average molecular weight is 212 g/mol. The van der Waals surface area contributed by atoms with Gasteiger partial charge in [-0.15, -0.1) is 0 Å². The number of halogens is 1. The zero-order chi connectivity index (χ0) is 11.1. The Morgan fingerprint density at radius 1 is 1.33 bits per heavy atom. The van der Waals surface area contributed by atoms with Gasteiger partial charge in [0, 0.05) is 0 Å². The van der Waals surface area contributed by atoms with E-state index in [4.69, 9.17) is 14.6 Å². The summed E-state index contributed by atoms with van der Waals surface area (Å²) in [6.07, 6.45) is 0. The third-order valence-electron chi connectivity index (χ3n) is 2.41. The molecule has 0 aliphatic carbocycles. The van der Waals surface area contributed by atoms with Crippen LogP contribution < -0.4 is 9.47 Å². The number of aliphatic hydroxyl groups excluding tert-OH is 1. The lowest BCUT2D eigenvalue weighted by atomic mass is 9.94. The number of aliphatic hydroxyl groups is 1. The number of benzene rings is 1. The number of hydrogen-bond acceptors (Lipinski definition) is 3. The van der Waals surface area contributed by atoms with Gasteiger partial charge in [0.1, 0.15) is 5.67 Å². The van der Waals surface area contributed by atoms with E-state index in [0.717, 1.165) is 0 Å². The zero-order valence-electron chi connectivity index (χ0n) is 8.71. The second kappa shape index (κ2) is 3.38. The van der Waals surface area contributed by atoms with E-state index in [9.17, 15) is 4.39 Å². The molecule has 0 bridgehead atoms. The van der Waals surface area contributed by atoms with Crippen LogP contribution in [0.2, 0.25) is 0 Å². The van der Waals surface area contributed by atoms with Crippen LogP contribution in [0.5, 0.6) is 11.5 Å². The molecule has 1 aliphatic heterocycles. The highest BCUT2D eigenvalue weighted by atomic mass is 19.1. The third kappa shape index (κ3) is 1.77. The van der Waals surface area contributed by atoms with Crippen molar-refractivity contribution in [2.45, 2.75) is 26.1 Å². The van der Waals surface area contributed by atoms with Crippen molar-refractivity contribution in [3.8, 4) is 11.5 Å². The summed E-state index contributed by atoms with van der Waals surface area (Å²) in [6.45, 7) is 2.84. The number of alkyl halides is 1. The van der Waals surface area contributed by atoms with Gasteiger partial charge in [0.25, 0.3) is 0 Å². The van der Waals surface area contributed by atoms with Crippen LogP contribution in [0.25, 0.3) is 0 Å². The lowest BCUT2D eigenvalue weighted by molar-refractivity contribution is 0.173. The van der Waals surface area contributed by atoms with E-state index in [2.05, 4.69) is 0 Å². The first-order chi connectivity index (χ1) is 7.02. The van der Waals surface area contributed by atoms with Crippen molar-refractivity contribution in [3.05, 3.63) is 23.3 Å². The van der Waals surface area contributed by atoms with E-state index in [1.165, 1.54) is 13.8 Å². The first-order valence-electron chi connectivity index (χ1n) is 4.75. The Bertz CT molecular complexity index is 382. The minimum absolute atomic E-state index is 0.149. The predicted octanol–water partition coefficient (Wildman–Crippen LogP) is 2.11. The minimum Gasteiger partial charge on any atom is -0.454 e. The van der Waals surface area contributed by atoms with E-state index < -0.39 is 5.67 Å². The number of fused-ring (bicyclic) bond motifs is 1. The normalized spacial score (nSPS) is 14.4. The smallest absolute Gasteiger partial charge is 0.231 e. The molecule has 0 amide bonds. The summed E-state index contributed by atoms with van der Waals surface area (Å²) in [4.78, 5) is 0. The van der Waals surface area contributed by atoms with Gasteiger partial charge in [-0.05, 0) is 37.1 Å². The van der Waals surface area contributed by atoms with Crippen molar-refractivity contribution < 1.29 is 19.0 Å². The Morgan fingerprint density at radius 3 is 2.47 bits per heavy atom. The number of rotatable bonds is 2. The van der Waals surface area contributed by atoms with Crippen LogP contribution in [-0.2, 0) is 12.3 Å². The fraction of sp³-hybridized carbons (Fsp3) is 0.455. The average Bonchev–Trinajstić information content (AvgIpc) is 2.60. The van der Waals surface area contributed by atoms with Gasteiger partial charge in [-0.2, -0.15) is 0 Å². The van der Waals surface area contributed by atoms with E-state index in [1.807, 2.05) is 0 Å². The van der Waals surface area contributed by atoms with E-state index in [-0.39, 0.29) is 13.4 Å². The van der Waals surface area contributed by atoms with Gasteiger partial charge in [0.2, 0.25) is 6.79 Å². The molecular weight excluding hydrogens is 199 g/mol. The molecular formula is C11H13FO3. The highest BCUT2D eigenvalue weighted by Gasteiger charge is 2.26. The molecule has 4 heteroatoms. The fourth-order valence-electron chi connectivity index (χ4n) is 1.67. The van der Waals surface area contributed by atoms with Crippen molar-refractivity contribution >= 4 is 0 Å². The summed E-state index contributed by atoms with van der Waals surface area (Å²) in [5.41, 5.74) is -0.528. The molecule has 82 valence electrons. The van der Waals surface area contributed by atoms with Gasteiger partial charge < -0.3 is 14.6 Å². The van der Waals surface area contributed by atoms with Crippen molar-refractivity contribution in [2.75, 3.05) is 6.79 Å². The van der Waals surface area contributed by atoms with Crippen molar-refractivity contribution in [1.82, 2.24) is 0 Å². The summed E-state index contributed by atoms with van der Waals surface area (Å²) < 4.78 is 24.1. The highest BCUT2D eigenvalue weighted by molar-refractivity contribution is 5.50. The van der Waals surface area contributed by atoms with Crippen LogP contribution in [0.15, 0.2) is 12.1 Å². The van der Waals surface area contributed by atoms with Crippen LogP contribution in [0.1, 0.15) is 25.0 Å². The molecule has 3 nitrogen and oxygen atoms in total. The van der Waals surface area contributed by atoms with Crippen LogP contribution in [0, 0.1) is 0 Å². The van der Waals surface area contributed by atoms with E-state index in [1.54, 1.807) is 12.1 Å².